The van der Waals surface area contributed by atoms with Gasteiger partial charge in [0.05, 0.1) is 12.0 Å². The van der Waals surface area contributed by atoms with Crippen LogP contribution in [-0.2, 0) is 0 Å². The Balaban J connectivity index is 1.32. The van der Waals surface area contributed by atoms with Gasteiger partial charge in [0.2, 0.25) is 0 Å². The monoisotopic (exact) mass is 424 g/mol. The summed E-state index contributed by atoms with van der Waals surface area (Å²) in [5.74, 6) is -0.264. The number of fused-ring (bicyclic) bond motifs is 1. The summed E-state index contributed by atoms with van der Waals surface area (Å²) in [7, 11) is 0. The molecule has 0 aliphatic carbocycles. The first-order valence-corrected chi connectivity index (χ1v) is 10.3. The molecule has 0 saturated carbocycles. The summed E-state index contributed by atoms with van der Waals surface area (Å²) < 4.78 is 20.1. The van der Waals surface area contributed by atoms with Crippen LogP contribution in [0, 0.1) is 5.82 Å². The van der Waals surface area contributed by atoms with E-state index in [0.717, 1.165) is 5.56 Å². The van der Waals surface area contributed by atoms with Gasteiger partial charge in [0.25, 0.3) is 11.8 Å². The summed E-state index contributed by atoms with van der Waals surface area (Å²) in [4.78, 5) is 34.2. The summed E-state index contributed by atoms with van der Waals surface area (Å²) in [5.41, 5.74) is 2.00. The highest BCUT2D eigenvalue weighted by Crippen LogP contribution is 2.25. The molecule has 4 aromatic rings. The number of imidazole rings is 1. The molecule has 9 heteroatoms. The third-order valence-corrected chi connectivity index (χ3v) is 5.99. The zero-order chi connectivity index (χ0) is 20.7. The van der Waals surface area contributed by atoms with E-state index >= 15 is 0 Å². The van der Waals surface area contributed by atoms with E-state index < -0.39 is 0 Å². The number of rotatable bonds is 3. The first kappa shape index (κ1) is 18.6. The van der Waals surface area contributed by atoms with Crippen LogP contribution in [-0.4, -0.2) is 57.2 Å². The van der Waals surface area contributed by atoms with Crippen LogP contribution >= 0.6 is 11.3 Å². The number of nitrogens with zero attached hydrogens (tertiary/aromatic N) is 4. The molecular formula is C21H17FN4O3S. The minimum atomic E-state index is -0.305. The van der Waals surface area contributed by atoms with Crippen LogP contribution in [0.3, 0.4) is 0 Å². The highest BCUT2D eigenvalue weighted by atomic mass is 32.1. The van der Waals surface area contributed by atoms with Crippen LogP contribution in [0.4, 0.5) is 4.39 Å². The maximum atomic E-state index is 13.2. The molecular weight excluding hydrogens is 407 g/mol. The summed E-state index contributed by atoms with van der Waals surface area (Å²) in [6, 6.07) is 9.42. The fourth-order valence-electron chi connectivity index (χ4n) is 3.53. The Morgan fingerprint density at radius 3 is 2.37 bits per heavy atom. The number of thiazole rings is 1. The van der Waals surface area contributed by atoms with E-state index in [1.807, 2.05) is 0 Å². The molecule has 0 radical (unpaired) electrons. The zero-order valence-corrected chi connectivity index (χ0v) is 16.6. The minimum absolute atomic E-state index is 0.102. The van der Waals surface area contributed by atoms with Gasteiger partial charge >= 0.3 is 0 Å². The largest absolute Gasteiger partial charge is 0.459 e. The Kier molecular flexibility index (Phi) is 4.59. The van der Waals surface area contributed by atoms with E-state index in [2.05, 4.69) is 4.98 Å². The van der Waals surface area contributed by atoms with Crippen LogP contribution < -0.4 is 0 Å². The van der Waals surface area contributed by atoms with Crippen LogP contribution in [0.1, 0.15) is 21.0 Å². The Morgan fingerprint density at radius 2 is 1.70 bits per heavy atom. The normalized spacial score (nSPS) is 14.4. The molecule has 2 amide bonds. The van der Waals surface area contributed by atoms with Gasteiger partial charge in [-0.2, -0.15) is 0 Å². The second-order valence-electron chi connectivity index (χ2n) is 6.97. The van der Waals surface area contributed by atoms with Gasteiger partial charge in [0.15, 0.2) is 10.7 Å². The van der Waals surface area contributed by atoms with Crippen LogP contribution in [0.25, 0.3) is 16.2 Å². The molecule has 0 atom stereocenters. The standard InChI is InChI=1S/C21H17FN4O3S/c22-15-5-3-14(4-6-15)16-12-26-17(13-30-21(26)23-16)19(27)24-7-9-25(10-8-24)20(28)18-2-1-11-29-18/h1-6,11-13H,7-10H2. The Labute approximate surface area is 175 Å². The number of hydrogen-bond donors (Lipinski definition) is 0. The maximum Gasteiger partial charge on any atom is 0.289 e. The molecule has 1 aliphatic heterocycles. The van der Waals surface area contributed by atoms with Crippen molar-refractivity contribution in [2.45, 2.75) is 0 Å². The molecule has 0 bridgehead atoms. The molecule has 30 heavy (non-hydrogen) atoms. The lowest BCUT2D eigenvalue weighted by Gasteiger charge is -2.34. The van der Waals surface area contributed by atoms with Gasteiger partial charge in [-0.1, -0.05) is 0 Å². The molecule has 4 heterocycles. The molecule has 7 nitrogen and oxygen atoms in total. The number of amides is 2. The third-order valence-electron chi connectivity index (χ3n) is 5.15. The topological polar surface area (TPSA) is 71.1 Å². The smallest absolute Gasteiger partial charge is 0.289 e. The van der Waals surface area contributed by atoms with E-state index in [1.165, 1.54) is 29.7 Å². The fraction of sp³-hybridized carbons (Fsp3) is 0.190. The average molecular weight is 424 g/mol. The van der Waals surface area contributed by atoms with Crippen molar-refractivity contribution >= 4 is 28.1 Å². The second-order valence-corrected chi connectivity index (χ2v) is 7.80. The quantitative estimate of drug-likeness (QED) is 0.506. The fourth-order valence-corrected chi connectivity index (χ4v) is 4.38. The van der Waals surface area contributed by atoms with Gasteiger partial charge < -0.3 is 14.2 Å². The molecule has 5 rings (SSSR count). The first-order valence-electron chi connectivity index (χ1n) is 9.45. The number of furan rings is 1. The molecule has 0 unspecified atom stereocenters. The molecule has 1 aliphatic rings. The van der Waals surface area contributed by atoms with Gasteiger partial charge in [-0.05, 0) is 36.4 Å². The average Bonchev–Trinajstić information content (AvgIpc) is 3.51. The summed E-state index contributed by atoms with van der Waals surface area (Å²) in [5, 5.41) is 1.79. The van der Waals surface area contributed by atoms with Crippen molar-refractivity contribution in [2.75, 3.05) is 26.2 Å². The predicted octanol–water partition coefficient (Wildman–Crippen LogP) is 3.39. The van der Waals surface area contributed by atoms with E-state index in [1.54, 1.807) is 50.0 Å². The second kappa shape index (κ2) is 7.42. The number of piperazine rings is 1. The number of benzene rings is 1. The molecule has 1 saturated heterocycles. The van der Waals surface area contributed by atoms with Crippen molar-refractivity contribution in [2.24, 2.45) is 0 Å². The van der Waals surface area contributed by atoms with Gasteiger partial charge in [-0.3, -0.25) is 14.0 Å². The number of carbonyl (C=O) groups is 2. The molecule has 1 fully saturated rings. The summed E-state index contributed by atoms with van der Waals surface area (Å²) in [6.07, 6.45) is 3.27. The van der Waals surface area contributed by atoms with Gasteiger partial charge in [-0.15, -0.1) is 11.3 Å². The molecule has 0 spiro atoms. The lowest BCUT2D eigenvalue weighted by molar-refractivity contribution is 0.0515. The third kappa shape index (κ3) is 3.26. The molecule has 152 valence electrons. The number of carbonyl (C=O) groups excluding carboxylic acids is 2. The lowest BCUT2D eigenvalue weighted by Crippen LogP contribution is -2.50. The van der Waals surface area contributed by atoms with Gasteiger partial charge in [0, 0.05) is 43.3 Å². The number of halogens is 1. The van der Waals surface area contributed by atoms with Crippen LogP contribution in [0.5, 0.6) is 0 Å². The zero-order valence-electron chi connectivity index (χ0n) is 15.8. The van der Waals surface area contributed by atoms with E-state index in [-0.39, 0.29) is 17.6 Å². The van der Waals surface area contributed by atoms with Gasteiger partial charge in [0.1, 0.15) is 11.5 Å². The van der Waals surface area contributed by atoms with E-state index in [0.29, 0.717) is 48.3 Å². The van der Waals surface area contributed by atoms with Crippen molar-refractivity contribution in [3.8, 4) is 11.3 Å². The Hall–Kier alpha value is -3.46. The molecule has 0 N–H and O–H groups in total. The van der Waals surface area contributed by atoms with Crippen molar-refractivity contribution in [3.05, 3.63) is 71.5 Å². The number of hydrogen-bond acceptors (Lipinski definition) is 5. The minimum Gasteiger partial charge on any atom is -0.459 e. The molecule has 1 aromatic carbocycles. The van der Waals surface area contributed by atoms with Crippen molar-refractivity contribution in [3.63, 3.8) is 0 Å². The SMILES string of the molecule is O=C(c1ccco1)N1CCN(C(=O)c2csc3nc(-c4ccc(F)cc4)cn23)CC1. The molecule has 3 aromatic heterocycles. The van der Waals surface area contributed by atoms with Crippen molar-refractivity contribution in [1.82, 2.24) is 19.2 Å². The summed E-state index contributed by atoms with van der Waals surface area (Å²) >= 11 is 1.38. The Bertz CT molecular complexity index is 1210. The first-order chi connectivity index (χ1) is 14.6. The Morgan fingerprint density at radius 1 is 1.00 bits per heavy atom. The van der Waals surface area contributed by atoms with Gasteiger partial charge in [-0.25, -0.2) is 9.37 Å². The van der Waals surface area contributed by atoms with E-state index in [9.17, 15) is 14.0 Å². The highest BCUT2D eigenvalue weighted by Gasteiger charge is 2.28. The lowest BCUT2D eigenvalue weighted by atomic mass is 10.2. The summed E-state index contributed by atoms with van der Waals surface area (Å²) in [6.45, 7) is 1.79. The predicted molar refractivity (Wildman–Crippen MR) is 109 cm³/mol. The van der Waals surface area contributed by atoms with Crippen molar-refractivity contribution in [1.29, 1.82) is 0 Å². The van der Waals surface area contributed by atoms with Crippen molar-refractivity contribution < 1.29 is 18.4 Å². The number of aromatic nitrogens is 2. The maximum absolute atomic E-state index is 13.2. The van der Waals surface area contributed by atoms with Crippen LogP contribution in [0.15, 0.2) is 58.7 Å². The van der Waals surface area contributed by atoms with E-state index in [4.69, 9.17) is 4.42 Å². The van der Waals surface area contributed by atoms with Crippen LogP contribution in [0.2, 0.25) is 0 Å². The highest BCUT2D eigenvalue weighted by molar-refractivity contribution is 7.15.